The second kappa shape index (κ2) is 13.8. The number of esters is 1. The van der Waals surface area contributed by atoms with E-state index in [1.165, 1.54) is 7.11 Å². The zero-order valence-corrected chi connectivity index (χ0v) is 16.2. The molecule has 0 N–H and O–H groups in total. The van der Waals surface area contributed by atoms with Crippen LogP contribution in [0.2, 0.25) is 0 Å². The van der Waals surface area contributed by atoms with Gasteiger partial charge in [0.05, 0.1) is 7.11 Å². The van der Waals surface area contributed by atoms with Gasteiger partial charge < -0.3 is 9.04 Å². The largest absolute Gasteiger partial charge is 0.468 e. The van der Waals surface area contributed by atoms with Crippen molar-refractivity contribution in [3.8, 4) is 0 Å². The molecule has 132 valence electrons. The number of hydrogen-bond donors (Lipinski definition) is 0. The Bertz CT molecular complexity index is 548. The average molecular weight is 368 g/mol. The molecule has 0 bridgehead atoms. The maximum atomic E-state index is 11.7. The second-order valence-corrected chi connectivity index (χ2v) is 6.19. The first-order valence-corrected chi connectivity index (χ1v) is 8.92. The maximum absolute atomic E-state index is 11.7. The number of allylic oxidation sites excluding steroid dienone is 9. The van der Waals surface area contributed by atoms with Crippen LogP contribution in [0.5, 0.6) is 0 Å². The van der Waals surface area contributed by atoms with Gasteiger partial charge in [0.1, 0.15) is 6.54 Å². The Hall–Kier alpha value is -1.65. The van der Waals surface area contributed by atoms with Crippen molar-refractivity contribution in [1.29, 1.82) is 0 Å². The molecular formula is C19H26ClNO2S. The van der Waals surface area contributed by atoms with Crippen molar-refractivity contribution >= 4 is 29.5 Å². The monoisotopic (exact) mass is 367 g/mol. The smallest absolute Gasteiger partial charge is 0.326 e. The molecule has 0 aromatic heterocycles. The number of rotatable bonds is 11. The summed E-state index contributed by atoms with van der Waals surface area (Å²) in [6.45, 7) is 11.5. The summed E-state index contributed by atoms with van der Waals surface area (Å²) in [6.07, 6.45) is 13.8. The molecule has 0 saturated carbocycles. The van der Waals surface area contributed by atoms with E-state index in [0.717, 1.165) is 23.4 Å². The first-order chi connectivity index (χ1) is 11.5. The van der Waals surface area contributed by atoms with Gasteiger partial charge in [0, 0.05) is 16.5 Å². The van der Waals surface area contributed by atoms with Crippen molar-refractivity contribution in [2.45, 2.75) is 20.3 Å². The molecule has 0 spiro atoms. The predicted molar refractivity (Wildman–Crippen MR) is 107 cm³/mol. The van der Waals surface area contributed by atoms with Crippen LogP contribution in [0.15, 0.2) is 72.0 Å². The number of ether oxygens (including phenoxy) is 1. The lowest BCUT2D eigenvalue weighted by atomic mass is 10.2. The van der Waals surface area contributed by atoms with E-state index in [1.54, 1.807) is 30.2 Å². The zero-order valence-electron chi connectivity index (χ0n) is 14.6. The third-order valence-corrected chi connectivity index (χ3v) is 4.20. The van der Waals surface area contributed by atoms with Gasteiger partial charge in [-0.2, -0.15) is 0 Å². The molecule has 0 atom stereocenters. The van der Waals surface area contributed by atoms with Crippen molar-refractivity contribution in [2.24, 2.45) is 0 Å². The highest BCUT2D eigenvalue weighted by molar-refractivity contribution is 7.97. The number of hydrogen-bond acceptors (Lipinski definition) is 4. The van der Waals surface area contributed by atoms with Crippen LogP contribution in [-0.4, -0.2) is 29.7 Å². The fraction of sp³-hybridized carbons (Fsp3) is 0.316. The molecule has 0 amide bonds. The molecule has 0 aliphatic carbocycles. The summed E-state index contributed by atoms with van der Waals surface area (Å²) >= 11 is 7.49. The summed E-state index contributed by atoms with van der Waals surface area (Å²) in [5.74, 6) is 0.447. The van der Waals surface area contributed by atoms with Crippen molar-refractivity contribution < 1.29 is 9.53 Å². The summed E-state index contributed by atoms with van der Waals surface area (Å²) in [5.41, 5.74) is 2.11. The van der Waals surface area contributed by atoms with Crippen LogP contribution in [0, 0.1) is 0 Å². The number of halogens is 1. The van der Waals surface area contributed by atoms with E-state index in [4.69, 9.17) is 16.3 Å². The minimum atomic E-state index is -0.285. The highest BCUT2D eigenvalue weighted by atomic mass is 35.5. The van der Waals surface area contributed by atoms with E-state index >= 15 is 0 Å². The van der Waals surface area contributed by atoms with Gasteiger partial charge in [-0.1, -0.05) is 67.6 Å². The van der Waals surface area contributed by atoms with E-state index in [2.05, 4.69) is 13.2 Å². The number of methoxy groups -OCH3 is 1. The molecule has 0 rings (SSSR count). The molecule has 3 nitrogen and oxygen atoms in total. The van der Waals surface area contributed by atoms with Crippen molar-refractivity contribution in [3.63, 3.8) is 0 Å². The highest BCUT2D eigenvalue weighted by Crippen LogP contribution is 2.21. The lowest BCUT2D eigenvalue weighted by Crippen LogP contribution is -2.24. The van der Waals surface area contributed by atoms with Gasteiger partial charge >= 0.3 is 5.97 Å². The normalized spacial score (nSPS) is 13.1. The third-order valence-electron chi connectivity index (χ3n) is 2.90. The molecule has 0 aliphatic rings. The van der Waals surface area contributed by atoms with E-state index in [1.807, 2.05) is 42.5 Å². The third kappa shape index (κ3) is 10.2. The Kier molecular flexibility index (Phi) is 12.8. The van der Waals surface area contributed by atoms with Gasteiger partial charge in [-0.05, 0) is 37.4 Å². The van der Waals surface area contributed by atoms with Gasteiger partial charge in [0.25, 0.3) is 0 Å². The summed E-state index contributed by atoms with van der Waals surface area (Å²) in [5, 5.41) is 0.550. The fourth-order valence-electron chi connectivity index (χ4n) is 1.64. The zero-order chi connectivity index (χ0) is 18.4. The lowest BCUT2D eigenvalue weighted by molar-refractivity contribution is -0.140. The predicted octanol–water partition coefficient (Wildman–Crippen LogP) is 5.40. The van der Waals surface area contributed by atoms with Crippen LogP contribution in [0.25, 0.3) is 0 Å². The van der Waals surface area contributed by atoms with Gasteiger partial charge in [-0.25, -0.2) is 0 Å². The Morgan fingerprint density at radius 3 is 2.54 bits per heavy atom. The van der Waals surface area contributed by atoms with Crippen molar-refractivity contribution in [3.05, 3.63) is 72.0 Å². The Morgan fingerprint density at radius 1 is 1.29 bits per heavy atom. The molecule has 24 heavy (non-hydrogen) atoms. The Labute approximate surface area is 155 Å². The van der Waals surface area contributed by atoms with Crippen LogP contribution in [0.1, 0.15) is 20.3 Å². The first kappa shape index (κ1) is 22.4. The number of nitrogens with zero attached hydrogens (tertiary/aromatic N) is 1. The van der Waals surface area contributed by atoms with Gasteiger partial charge in [0.15, 0.2) is 0 Å². The van der Waals surface area contributed by atoms with Gasteiger partial charge in [-0.15, -0.1) is 0 Å². The summed E-state index contributed by atoms with van der Waals surface area (Å²) < 4.78 is 6.70. The lowest BCUT2D eigenvalue weighted by Gasteiger charge is -2.23. The molecule has 0 heterocycles. The average Bonchev–Trinajstić information content (AvgIpc) is 2.58. The molecule has 0 aromatic rings. The molecule has 0 radical (unpaired) electrons. The Morgan fingerprint density at radius 2 is 2.00 bits per heavy atom. The minimum absolute atomic E-state index is 0.176. The quantitative estimate of drug-likeness (QED) is 0.278. The first-order valence-electron chi connectivity index (χ1n) is 7.60. The fourth-order valence-corrected chi connectivity index (χ4v) is 2.62. The maximum Gasteiger partial charge on any atom is 0.326 e. The molecule has 0 saturated heterocycles. The summed E-state index contributed by atoms with van der Waals surface area (Å²) in [7, 11) is 1.39. The SMILES string of the molecule is C=C/C=C(C)\C=C/CSN(CC(=O)OC)/C(=C/C=C(/Cl)C=C)CC. The van der Waals surface area contributed by atoms with E-state index < -0.39 is 0 Å². The highest BCUT2D eigenvalue weighted by Gasteiger charge is 2.13. The standard InChI is InChI=1S/C19H26ClNO2S/c1-6-10-16(4)11-9-14-24-21(15-19(22)23-5)18(8-3)13-12-17(20)7-2/h6-7,9-13H,1-2,8,14-15H2,3-5H3/b11-9-,16-10-,17-12+,18-13+. The van der Waals surface area contributed by atoms with Crippen molar-refractivity contribution in [1.82, 2.24) is 4.31 Å². The van der Waals surface area contributed by atoms with Gasteiger partial charge in [-0.3, -0.25) is 4.79 Å². The molecule has 0 unspecified atom stereocenters. The second-order valence-electron chi connectivity index (χ2n) is 4.72. The van der Waals surface area contributed by atoms with Crippen LogP contribution in [0.3, 0.4) is 0 Å². The molecule has 0 aromatic carbocycles. The van der Waals surface area contributed by atoms with Gasteiger partial charge in [0.2, 0.25) is 0 Å². The molecule has 5 heteroatoms. The summed E-state index contributed by atoms with van der Waals surface area (Å²) in [6, 6.07) is 0. The van der Waals surface area contributed by atoms with Crippen LogP contribution in [-0.2, 0) is 9.53 Å². The minimum Gasteiger partial charge on any atom is -0.468 e. The van der Waals surface area contributed by atoms with Crippen LogP contribution < -0.4 is 0 Å². The molecular weight excluding hydrogens is 342 g/mol. The number of carbonyl (C=O) groups is 1. The topological polar surface area (TPSA) is 29.5 Å². The van der Waals surface area contributed by atoms with Crippen LogP contribution in [0.4, 0.5) is 0 Å². The van der Waals surface area contributed by atoms with Crippen LogP contribution >= 0.6 is 23.5 Å². The number of carbonyl (C=O) groups excluding carboxylic acids is 1. The molecule has 0 fully saturated rings. The van der Waals surface area contributed by atoms with E-state index in [-0.39, 0.29) is 12.5 Å². The Balaban J connectivity index is 5.07. The van der Waals surface area contributed by atoms with E-state index in [9.17, 15) is 4.79 Å². The van der Waals surface area contributed by atoms with Crippen molar-refractivity contribution in [2.75, 3.05) is 19.4 Å². The van der Waals surface area contributed by atoms with E-state index in [0.29, 0.717) is 5.03 Å². The summed E-state index contributed by atoms with van der Waals surface area (Å²) in [4.78, 5) is 11.7. The molecule has 0 aliphatic heterocycles.